The summed E-state index contributed by atoms with van der Waals surface area (Å²) in [6.45, 7) is 1.20. The maximum Gasteiger partial charge on any atom is 0.258 e. The van der Waals surface area contributed by atoms with Gasteiger partial charge in [0.1, 0.15) is 5.75 Å². The lowest BCUT2D eigenvalue weighted by atomic mass is 9.94. The highest BCUT2D eigenvalue weighted by atomic mass is 35.5. The van der Waals surface area contributed by atoms with Gasteiger partial charge in [0.25, 0.3) is 6.43 Å². The predicted octanol–water partition coefficient (Wildman–Crippen LogP) is 5.47. The molecule has 1 aliphatic heterocycles. The lowest BCUT2D eigenvalue weighted by Crippen LogP contribution is -2.40. The molecule has 36 heavy (non-hydrogen) atoms. The van der Waals surface area contributed by atoms with Gasteiger partial charge in [-0.3, -0.25) is 9.69 Å². The number of hydrogen-bond acceptors (Lipinski definition) is 5. The molecule has 0 spiro atoms. The molecule has 1 saturated carbocycles. The minimum atomic E-state index is -3.70. The molecule has 1 atom stereocenters. The Morgan fingerprint density at radius 3 is 2.19 bits per heavy atom. The number of nitrogens with two attached hydrogens (primary N) is 1. The summed E-state index contributed by atoms with van der Waals surface area (Å²) >= 11 is 12.1. The molecule has 1 aliphatic carbocycles. The number of carbonyl (C=O) groups is 1. The molecule has 2 aromatic carbocycles. The number of piperidine rings is 1. The van der Waals surface area contributed by atoms with Crippen LogP contribution in [-0.4, -0.2) is 51.6 Å². The fraction of sp³-hybridized carbons (Fsp3) is 0.480. The third kappa shape index (κ3) is 6.30. The molecule has 2 aromatic rings. The van der Waals surface area contributed by atoms with E-state index in [4.69, 9.17) is 33.7 Å². The van der Waals surface area contributed by atoms with Gasteiger partial charge in [-0.15, -0.1) is 0 Å². The van der Waals surface area contributed by atoms with Gasteiger partial charge in [0.05, 0.1) is 23.1 Å². The predicted molar refractivity (Wildman–Crippen MR) is 135 cm³/mol. The number of benzene rings is 2. The normalized spacial score (nSPS) is 18.4. The molecule has 11 heteroatoms. The van der Waals surface area contributed by atoms with E-state index in [0.717, 1.165) is 24.7 Å². The van der Waals surface area contributed by atoms with Crippen LogP contribution in [0.3, 0.4) is 0 Å². The van der Waals surface area contributed by atoms with Crippen LogP contribution in [0.25, 0.3) is 0 Å². The Kier molecular flexibility index (Phi) is 8.14. The van der Waals surface area contributed by atoms with Gasteiger partial charge in [0.15, 0.2) is 9.84 Å². The van der Waals surface area contributed by atoms with Crippen LogP contribution < -0.4 is 10.5 Å². The molecule has 1 amide bonds. The van der Waals surface area contributed by atoms with Crippen molar-refractivity contribution in [1.29, 1.82) is 0 Å². The van der Waals surface area contributed by atoms with E-state index in [1.807, 2.05) is 0 Å². The first-order valence-electron chi connectivity index (χ1n) is 11.7. The summed E-state index contributed by atoms with van der Waals surface area (Å²) in [5, 5.41) is 0.627. The smallest absolute Gasteiger partial charge is 0.258 e. The summed E-state index contributed by atoms with van der Waals surface area (Å²) in [5.74, 6) is -0.0628. The molecular weight excluding hydrogens is 533 g/mol. The minimum Gasteiger partial charge on any atom is -0.493 e. The summed E-state index contributed by atoms with van der Waals surface area (Å²) in [6, 6.07) is 6.39. The molecule has 2 aliphatic rings. The van der Waals surface area contributed by atoms with Crippen molar-refractivity contribution >= 4 is 38.9 Å². The number of alkyl halides is 2. The van der Waals surface area contributed by atoms with E-state index in [2.05, 4.69) is 0 Å². The van der Waals surface area contributed by atoms with Gasteiger partial charge in [-0.25, -0.2) is 17.2 Å². The Morgan fingerprint density at radius 2 is 1.69 bits per heavy atom. The highest BCUT2D eigenvalue weighted by Gasteiger charge is 2.34. The molecule has 0 radical (unpaired) electrons. The van der Waals surface area contributed by atoms with E-state index in [9.17, 15) is 22.0 Å². The summed E-state index contributed by atoms with van der Waals surface area (Å²) in [7, 11) is -3.70. The second-order valence-corrected chi connectivity index (χ2v) is 12.4. The Morgan fingerprint density at radius 1 is 1.08 bits per heavy atom. The van der Waals surface area contributed by atoms with E-state index < -0.39 is 28.2 Å². The zero-order chi connectivity index (χ0) is 26.2. The lowest BCUT2D eigenvalue weighted by Gasteiger charge is -2.37. The Hall–Kier alpha value is -1.94. The molecule has 196 valence electrons. The van der Waals surface area contributed by atoms with Crippen LogP contribution in [0, 0.1) is 5.92 Å². The van der Waals surface area contributed by atoms with Gasteiger partial charge in [0.2, 0.25) is 5.91 Å². The average molecular weight is 561 g/mol. The Balaban J connectivity index is 1.46. The van der Waals surface area contributed by atoms with Crippen molar-refractivity contribution in [3.05, 3.63) is 57.1 Å². The van der Waals surface area contributed by atoms with E-state index >= 15 is 0 Å². The number of nitrogens with zero attached hydrogens (tertiary/aromatic N) is 1. The number of ether oxygens (including phenoxy) is 1. The fourth-order valence-electron chi connectivity index (χ4n) is 4.78. The van der Waals surface area contributed by atoms with E-state index in [0.29, 0.717) is 53.9 Å². The number of likely N-dealkylation sites (tertiary alicyclic amines) is 1. The number of hydrogen-bond donors (Lipinski definition) is 1. The zero-order valence-corrected chi connectivity index (χ0v) is 22.1. The molecule has 2 N–H and O–H groups in total. The lowest BCUT2D eigenvalue weighted by molar-refractivity contribution is 0.00318. The average Bonchev–Trinajstić information content (AvgIpc) is 3.62. The first kappa shape index (κ1) is 27.1. The highest BCUT2D eigenvalue weighted by molar-refractivity contribution is 7.90. The van der Waals surface area contributed by atoms with Crippen LogP contribution in [-0.2, 0) is 9.84 Å². The molecule has 6 nitrogen and oxygen atoms in total. The first-order chi connectivity index (χ1) is 16.9. The topological polar surface area (TPSA) is 89.7 Å². The Bertz CT molecular complexity index is 1230. The highest BCUT2D eigenvalue weighted by Crippen LogP contribution is 2.46. The van der Waals surface area contributed by atoms with Gasteiger partial charge in [-0.1, -0.05) is 23.2 Å². The second kappa shape index (κ2) is 10.8. The fourth-order valence-corrected chi connectivity index (χ4v) is 6.21. The third-order valence-electron chi connectivity index (χ3n) is 6.78. The van der Waals surface area contributed by atoms with Gasteiger partial charge >= 0.3 is 0 Å². The van der Waals surface area contributed by atoms with Crippen LogP contribution in [0.15, 0.2) is 35.2 Å². The van der Waals surface area contributed by atoms with Crippen LogP contribution in [0.2, 0.25) is 10.0 Å². The van der Waals surface area contributed by atoms with Crippen LogP contribution >= 0.6 is 23.2 Å². The standard InChI is InChI=1S/C25H28Cl2F2N2O4S/c1-36(33,34)22-12-21(19(15-2-3-15)11-20(22)25(30)32)35-13-14-4-6-31(7-5-14)23(24(28)29)16-8-17(26)10-18(27)9-16/h8-12,14-15,23-24H,2-7,13H2,1H3,(H2,30,32)/t23-/m0/s1. The number of primary amides is 1. The van der Waals surface area contributed by atoms with Crippen molar-refractivity contribution in [2.75, 3.05) is 26.0 Å². The number of halogens is 4. The number of carbonyl (C=O) groups excluding carboxylic acids is 1. The van der Waals surface area contributed by atoms with Gasteiger partial charge in [-0.05, 0) is 92.1 Å². The number of sulfone groups is 1. The largest absolute Gasteiger partial charge is 0.493 e. The second-order valence-electron chi connectivity index (χ2n) is 9.57. The summed E-state index contributed by atoms with van der Waals surface area (Å²) in [4.78, 5) is 13.5. The molecule has 0 bridgehead atoms. The van der Waals surface area contributed by atoms with Crippen molar-refractivity contribution in [1.82, 2.24) is 4.90 Å². The monoisotopic (exact) mass is 560 g/mol. The maximum absolute atomic E-state index is 14.0. The number of rotatable bonds is 9. The molecular formula is C25H28Cl2F2N2O4S. The van der Waals surface area contributed by atoms with E-state index in [1.54, 1.807) is 4.90 Å². The van der Waals surface area contributed by atoms with Crippen LogP contribution in [0.1, 0.15) is 59.1 Å². The quantitative estimate of drug-likeness (QED) is 0.439. The van der Waals surface area contributed by atoms with Crippen molar-refractivity contribution in [3.63, 3.8) is 0 Å². The molecule has 0 unspecified atom stereocenters. The van der Waals surface area contributed by atoms with Crippen LogP contribution in [0.4, 0.5) is 8.78 Å². The van der Waals surface area contributed by atoms with Crippen molar-refractivity contribution in [3.8, 4) is 5.75 Å². The first-order valence-corrected chi connectivity index (χ1v) is 14.4. The summed E-state index contributed by atoms with van der Waals surface area (Å²) in [6.07, 6.45) is 1.54. The maximum atomic E-state index is 14.0. The van der Waals surface area contributed by atoms with E-state index in [-0.39, 0.29) is 22.3 Å². The molecule has 0 aromatic heterocycles. The van der Waals surface area contributed by atoms with Gasteiger partial charge < -0.3 is 10.5 Å². The van der Waals surface area contributed by atoms with Crippen LogP contribution in [0.5, 0.6) is 5.75 Å². The number of amides is 1. The van der Waals surface area contributed by atoms with Crippen molar-refractivity contribution in [2.45, 2.75) is 49.0 Å². The van der Waals surface area contributed by atoms with Crippen molar-refractivity contribution < 1.29 is 26.7 Å². The molecule has 4 rings (SSSR count). The SMILES string of the molecule is CS(=O)(=O)c1cc(OCC2CCN([C@@H](c3cc(Cl)cc(Cl)c3)C(F)F)CC2)c(C2CC2)cc1C(N)=O. The Labute approximate surface area is 219 Å². The zero-order valence-electron chi connectivity index (χ0n) is 19.7. The van der Waals surface area contributed by atoms with Gasteiger partial charge in [-0.2, -0.15) is 0 Å². The minimum absolute atomic E-state index is 0.0285. The molecule has 2 fully saturated rings. The summed E-state index contributed by atoms with van der Waals surface area (Å²) in [5.41, 5.74) is 6.58. The molecule has 1 heterocycles. The molecule has 1 saturated heterocycles. The van der Waals surface area contributed by atoms with E-state index in [1.165, 1.54) is 30.3 Å². The third-order valence-corrected chi connectivity index (χ3v) is 8.35. The van der Waals surface area contributed by atoms with Gasteiger partial charge in [0, 0.05) is 16.3 Å². The van der Waals surface area contributed by atoms with Crippen molar-refractivity contribution in [2.24, 2.45) is 11.7 Å². The summed E-state index contributed by atoms with van der Waals surface area (Å²) < 4.78 is 58.7.